The number of aromatic nitrogens is 3. The topological polar surface area (TPSA) is 67.6 Å². The van der Waals surface area contributed by atoms with Crippen molar-refractivity contribution in [3.8, 4) is 11.1 Å². The van der Waals surface area contributed by atoms with Crippen LogP contribution in [0.1, 0.15) is 0 Å². The van der Waals surface area contributed by atoms with Crippen LogP contribution in [0.3, 0.4) is 0 Å². The van der Waals surface area contributed by atoms with Crippen LogP contribution in [0.15, 0.2) is 29.9 Å². The second-order valence-corrected chi connectivity index (χ2v) is 4.06. The summed E-state index contributed by atoms with van der Waals surface area (Å²) in [5.74, 6) is 0.593. The van der Waals surface area contributed by atoms with Gasteiger partial charge in [0.2, 0.25) is 0 Å². The molecule has 0 amide bonds. The third-order valence-corrected chi connectivity index (χ3v) is 3.19. The van der Waals surface area contributed by atoms with Crippen LogP contribution in [0.5, 0.6) is 0 Å². The van der Waals surface area contributed by atoms with E-state index >= 15 is 0 Å². The molecule has 0 aliphatic heterocycles. The van der Waals surface area contributed by atoms with Crippen LogP contribution in [-0.2, 0) is 0 Å². The van der Waals surface area contributed by atoms with Crippen molar-refractivity contribution in [2.45, 2.75) is 0 Å². The fraction of sp³-hybridized carbons (Fsp3) is 0. The number of hydrogen-bond donors (Lipinski definition) is 2. The second-order valence-electron chi connectivity index (χ2n) is 3.20. The minimum atomic E-state index is 0.593. The van der Waals surface area contributed by atoms with E-state index in [1.54, 1.807) is 17.5 Å². The molecule has 15 heavy (non-hydrogen) atoms. The molecule has 74 valence electrons. The highest BCUT2D eigenvalue weighted by atomic mass is 32.1. The third-order valence-electron chi connectivity index (χ3n) is 2.32. The molecule has 0 saturated heterocycles. The fourth-order valence-corrected chi connectivity index (χ4v) is 2.43. The van der Waals surface area contributed by atoms with Gasteiger partial charge in [-0.1, -0.05) is 12.1 Å². The highest BCUT2D eigenvalue weighted by molar-refractivity contribution is 7.17. The average molecular weight is 216 g/mol. The molecule has 3 aromatic rings. The molecule has 3 N–H and O–H groups in total. The minimum absolute atomic E-state index is 0.593. The summed E-state index contributed by atoms with van der Waals surface area (Å²) in [6.45, 7) is 0. The van der Waals surface area contributed by atoms with Gasteiger partial charge in [-0.15, -0.1) is 11.3 Å². The van der Waals surface area contributed by atoms with Crippen molar-refractivity contribution in [2.24, 2.45) is 0 Å². The van der Waals surface area contributed by atoms with Gasteiger partial charge in [-0.3, -0.25) is 5.10 Å². The maximum absolute atomic E-state index is 5.80. The van der Waals surface area contributed by atoms with Gasteiger partial charge in [0.1, 0.15) is 5.82 Å². The number of nitrogens with two attached hydrogens (primary N) is 1. The summed E-state index contributed by atoms with van der Waals surface area (Å²) in [5.41, 5.74) is 10.7. The maximum atomic E-state index is 5.80. The van der Waals surface area contributed by atoms with Crippen molar-refractivity contribution < 1.29 is 0 Å². The molecule has 0 spiro atoms. The van der Waals surface area contributed by atoms with Gasteiger partial charge >= 0.3 is 0 Å². The van der Waals surface area contributed by atoms with Gasteiger partial charge in [-0.25, -0.2) is 4.98 Å². The Bertz CT molecular complexity index is 610. The van der Waals surface area contributed by atoms with Gasteiger partial charge in [-0.05, 0) is 6.07 Å². The lowest BCUT2D eigenvalue weighted by molar-refractivity contribution is 1.10. The van der Waals surface area contributed by atoms with Crippen LogP contribution in [0.2, 0.25) is 0 Å². The van der Waals surface area contributed by atoms with E-state index in [2.05, 4.69) is 15.2 Å². The summed E-state index contributed by atoms with van der Waals surface area (Å²) in [6.07, 6.45) is 1.74. The van der Waals surface area contributed by atoms with Crippen LogP contribution >= 0.6 is 11.3 Å². The molecule has 0 bridgehead atoms. The van der Waals surface area contributed by atoms with Gasteiger partial charge in [0.15, 0.2) is 0 Å². The number of benzene rings is 1. The highest BCUT2D eigenvalue weighted by Crippen LogP contribution is 2.32. The first-order valence-electron chi connectivity index (χ1n) is 4.47. The summed E-state index contributed by atoms with van der Waals surface area (Å²) >= 11 is 1.61. The zero-order valence-corrected chi connectivity index (χ0v) is 8.58. The number of nitrogen functional groups attached to an aromatic ring is 1. The summed E-state index contributed by atoms with van der Waals surface area (Å²) < 4.78 is 1.14. The molecule has 2 aromatic heterocycles. The van der Waals surface area contributed by atoms with Crippen molar-refractivity contribution in [3.63, 3.8) is 0 Å². The summed E-state index contributed by atoms with van der Waals surface area (Å²) in [4.78, 5) is 4.27. The van der Waals surface area contributed by atoms with Crippen LogP contribution in [0.4, 0.5) is 5.82 Å². The van der Waals surface area contributed by atoms with Crippen molar-refractivity contribution in [2.75, 3.05) is 5.73 Å². The maximum Gasteiger partial charge on any atom is 0.126 e. The standard InChI is InChI=1S/C10H8N4S/c11-10-7(4-13-14-10)6-2-1-3-8-9(6)15-5-12-8/h1-5H,(H3,11,13,14). The van der Waals surface area contributed by atoms with E-state index in [1.807, 2.05) is 23.7 Å². The van der Waals surface area contributed by atoms with Gasteiger partial charge in [0.25, 0.3) is 0 Å². The number of anilines is 1. The Morgan fingerprint density at radius 1 is 1.27 bits per heavy atom. The van der Waals surface area contributed by atoms with E-state index in [9.17, 15) is 0 Å². The molecular weight excluding hydrogens is 208 g/mol. The van der Waals surface area contributed by atoms with Gasteiger partial charge < -0.3 is 5.73 Å². The smallest absolute Gasteiger partial charge is 0.126 e. The molecule has 0 fully saturated rings. The van der Waals surface area contributed by atoms with E-state index in [4.69, 9.17) is 5.73 Å². The van der Waals surface area contributed by atoms with E-state index in [-0.39, 0.29) is 0 Å². The predicted molar refractivity (Wildman–Crippen MR) is 61.6 cm³/mol. The first-order valence-corrected chi connectivity index (χ1v) is 5.35. The largest absolute Gasteiger partial charge is 0.384 e. The zero-order chi connectivity index (χ0) is 10.3. The van der Waals surface area contributed by atoms with Crippen molar-refractivity contribution in [3.05, 3.63) is 29.9 Å². The number of aromatic amines is 1. The molecule has 4 nitrogen and oxygen atoms in total. The van der Waals surface area contributed by atoms with Gasteiger partial charge in [0, 0.05) is 11.1 Å². The zero-order valence-electron chi connectivity index (χ0n) is 7.77. The quantitative estimate of drug-likeness (QED) is 0.655. The molecule has 0 atom stereocenters. The Hall–Kier alpha value is -1.88. The van der Waals surface area contributed by atoms with E-state index in [0.717, 1.165) is 21.3 Å². The molecule has 0 aliphatic rings. The molecule has 0 radical (unpaired) electrons. The van der Waals surface area contributed by atoms with E-state index < -0.39 is 0 Å². The Morgan fingerprint density at radius 2 is 2.20 bits per heavy atom. The number of nitrogens with one attached hydrogen (secondary N) is 1. The van der Waals surface area contributed by atoms with Gasteiger partial charge in [0.05, 0.1) is 21.9 Å². The first kappa shape index (κ1) is 8.43. The lowest BCUT2D eigenvalue weighted by atomic mass is 10.1. The number of nitrogens with zero attached hydrogens (tertiary/aromatic N) is 2. The molecule has 0 aliphatic carbocycles. The Balaban J connectivity index is 2.36. The number of fused-ring (bicyclic) bond motifs is 1. The summed E-state index contributed by atoms with van der Waals surface area (Å²) in [5, 5.41) is 6.66. The van der Waals surface area contributed by atoms with Crippen LogP contribution in [-0.4, -0.2) is 15.2 Å². The minimum Gasteiger partial charge on any atom is -0.384 e. The number of hydrogen-bond acceptors (Lipinski definition) is 4. The van der Waals surface area contributed by atoms with Crippen LogP contribution < -0.4 is 5.73 Å². The Labute approximate surface area is 89.8 Å². The lowest BCUT2D eigenvalue weighted by Gasteiger charge is -1.99. The second kappa shape index (κ2) is 3.06. The predicted octanol–water partition coefficient (Wildman–Crippen LogP) is 2.27. The first-order chi connectivity index (χ1) is 7.36. The van der Waals surface area contributed by atoms with Crippen LogP contribution in [0, 0.1) is 0 Å². The normalized spacial score (nSPS) is 10.9. The summed E-state index contributed by atoms with van der Waals surface area (Å²) in [6, 6.07) is 6.00. The molecule has 0 unspecified atom stereocenters. The van der Waals surface area contributed by atoms with Gasteiger partial charge in [-0.2, -0.15) is 5.10 Å². The monoisotopic (exact) mass is 216 g/mol. The third kappa shape index (κ3) is 1.20. The SMILES string of the molecule is Nc1[nH]ncc1-c1cccc2ncsc12. The van der Waals surface area contributed by atoms with Crippen molar-refractivity contribution in [1.82, 2.24) is 15.2 Å². The highest BCUT2D eigenvalue weighted by Gasteiger charge is 2.09. The molecule has 5 heteroatoms. The Kier molecular flexibility index (Phi) is 1.72. The lowest BCUT2D eigenvalue weighted by Crippen LogP contribution is -1.87. The van der Waals surface area contributed by atoms with E-state index in [1.165, 1.54) is 0 Å². The molecule has 2 heterocycles. The van der Waals surface area contributed by atoms with Crippen molar-refractivity contribution in [1.29, 1.82) is 0 Å². The Morgan fingerprint density at radius 3 is 3.00 bits per heavy atom. The van der Waals surface area contributed by atoms with Crippen LogP contribution in [0.25, 0.3) is 21.3 Å². The van der Waals surface area contributed by atoms with Crippen molar-refractivity contribution >= 4 is 27.4 Å². The molecule has 3 rings (SSSR count). The molecule has 0 saturated carbocycles. The average Bonchev–Trinajstić information content (AvgIpc) is 2.85. The van der Waals surface area contributed by atoms with E-state index in [0.29, 0.717) is 5.82 Å². The number of thiazole rings is 1. The molecule has 1 aromatic carbocycles. The number of H-pyrrole nitrogens is 1. The summed E-state index contributed by atoms with van der Waals surface area (Å²) in [7, 11) is 0. The fourth-order valence-electron chi connectivity index (χ4n) is 1.61. The number of rotatable bonds is 1. The molecular formula is C10H8N4S.